The number of rotatable bonds is 0. The molecule has 0 unspecified atom stereocenters. The summed E-state index contributed by atoms with van der Waals surface area (Å²) in [6, 6.07) is 24.8. The molecule has 0 atom stereocenters. The van der Waals surface area contributed by atoms with E-state index in [2.05, 4.69) is 153 Å². The van der Waals surface area contributed by atoms with Crippen LogP contribution in [0.5, 0.6) is 0 Å². The lowest BCUT2D eigenvalue weighted by atomic mass is 9.87. The molecule has 3 nitrogen and oxygen atoms in total. The summed E-state index contributed by atoms with van der Waals surface area (Å²) in [6.45, 7) is 26.3. The second-order valence-electron chi connectivity index (χ2n) is 14.1. The predicted octanol–water partition coefficient (Wildman–Crippen LogP) is 10.1. The molecule has 1 aromatic carbocycles. The van der Waals surface area contributed by atoms with Gasteiger partial charge in [0.2, 0.25) is 0 Å². The maximum Gasteiger partial charge on any atom is 0.0457 e. The van der Waals surface area contributed by atoms with E-state index in [-0.39, 0.29) is 16.2 Å². The highest BCUT2D eigenvalue weighted by molar-refractivity contribution is 5.22. The van der Waals surface area contributed by atoms with Gasteiger partial charge in [0.05, 0.1) is 0 Å². The Bertz CT molecular complexity index is 977. The van der Waals surface area contributed by atoms with Crippen LogP contribution in [-0.4, -0.2) is 15.0 Å². The largest absolute Gasteiger partial charge is 0.265 e. The van der Waals surface area contributed by atoms with Gasteiger partial charge >= 0.3 is 0 Å². The predicted molar refractivity (Wildman–Crippen MR) is 174 cm³/mol. The van der Waals surface area contributed by atoms with Crippen LogP contribution in [0.2, 0.25) is 0 Å². The van der Waals surface area contributed by atoms with Crippen molar-refractivity contribution in [2.75, 3.05) is 0 Å². The molecule has 3 heterocycles. The molecule has 0 bridgehead atoms. The van der Waals surface area contributed by atoms with Crippen molar-refractivity contribution in [1.29, 1.82) is 0 Å². The van der Waals surface area contributed by atoms with Crippen LogP contribution in [0.15, 0.2) is 104 Å². The van der Waals surface area contributed by atoms with Crippen molar-refractivity contribution < 1.29 is 0 Å². The quantitative estimate of drug-likeness (QED) is 0.223. The second-order valence-corrected chi connectivity index (χ2v) is 14.1. The van der Waals surface area contributed by atoms with E-state index < -0.39 is 0 Å². The molecule has 0 saturated heterocycles. The molecule has 0 fully saturated rings. The van der Waals surface area contributed by atoms with Gasteiger partial charge in [-0.2, -0.15) is 0 Å². The lowest BCUT2D eigenvalue weighted by Crippen LogP contribution is -2.12. The fourth-order valence-electron chi connectivity index (χ4n) is 3.40. The van der Waals surface area contributed by atoms with Gasteiger partial charge in [0.1, 0.15) is 0 Å². The van der Waals surface area contributed by atoms with Gasteiger partial charge in [0.15, 0.2) is 0 Å². The first-order valence-electron chi connectivity index (χ1n) is 14.2. The molecular formula is C37H53N3. The molecule has 40 heavy (non-hydrogen) atoms. The Balaban J connectivity index is 0.000000267. The summed E-state index contributed by atoms with van der Waals surface area (Å²) in [7, 11) is 0. The third-order valence-corrected chi connectivity index (χ3v) is 6.15. The minimum absolute atomic E-state index is 0.182. The summed E-state index contributed by atoms with van der Waals surface area (Å²) < 4.78 is 0. The minimum atomic E-state index is 0.182. The third kappa shape index (κ3) is 14.2. The van der Waals surface area contributed by atoms with Crippen molar-refractivity contribution in [3.8, 4) is 0 Å². The SMILES string of the molecule is CC(C)(C)c1ccccc1.CC(C)(C)c1ccccn1.CC(C)(C)c1cccnc1.CC(C)(C)c1ccncc1. The molecule has 0 N–H and O–H groups in total. The standard InChI is InChI=1S/C10H14.3C9H13N/c1-10(2,3)9-7-5-4-6-8-9;1-9(2,3)8-4-6-10-7-5-8;1-9(2,3)8-5-4-6-10-7-8;1-9(2,3)8-6-4-5-7-10-8/h4-8H,1-3H3;3*4-7H,1-3H3. The lowest BCUT2D eigenvalue weighted by Gasteiger charge is -2.18. The zero-order valence-corrected chi connectivity index (χ0v) is 27.2. The normalized spacial score (nSPS) is 11.5. The summed E-state index contributed by atoms with van der Waals surface area (Å²) in [5.74, 6) is 0. The first-order valence-corrected chi connectivity index (χ1v) is 14.2. The van der Waals surface area contributed by atoms with E-state index in [0.29, 0.717) is 5.41 Å². The highest BCUT2D eigenvalue weighted by Gasteiger charge is 2.14. The van der Waals surface area contributed by atoms with Gasteiger partial charge in [0, 0.05) is 42.1 Å². The van der Waals surface area contributed by atoms with E-state index in [1.165, 1.54) is 16.7 Å². The van der Waals surface area contributed by atoms with Crippen LogP contribution in [0.25, 0.3) is 0 Å². The number of benzene rings is 1. The van der Waals surface area contributed by atoms with Gasteiger partial charge in [-0.3, -0.25) is 15.0 Å². The van der Waals surface area contributed by atoms with Gasteiger partial charge in [-0.15, -0.1) is 0 Å². The smallest absolute Gasteiger partial charge is 0.0457 e. The van der Waals surface area contributed by atoms with E-state index in [1.54, 1.807) is 6.20 Å². The van der Waals surface area contributed by atoms with Crippen molar-refractivity contribution >= 4 is 0 Å². The zero-order valence-electron chi connectivity index (χ0n) is 27.2. The monoisotopic (exact) mass is 539 g/mol. The van der Waals surface area contributed by atoms with Crippen LogP contribution < -0.4 is 0 Å². The Labute approximate surface area is 245 Å². The Hall–Kier alpha value is -3.33. The topological polar surface area (TPSA) is 38.7 Å². The van der Waals surface area contributed by atoms with Crippen LogP contribution in [0.3, 0.4) is 0 Å². The molecule has 216 valence electrons. The van der Waals surface area contributed by atoms with E-state index in [4.69, 9.17) is 0 Å². The summed E-state index contributed by atoms with van der Waals surface area (Å²) in [5.41, 5.74) is 6.13. The van der Waals surface area contributed by atoms with Crippen molar-refractivity contribution in [2.45, 2.75) is 105 Å². The van der Waals surface area contributed by atoms with Crippen molar-refractivity contribution in [2.24, 2.45) is 0 Å². The highest BCUT2D eigenvalue weighted by atomic mass is 14.7. The van der Waals surface area contributed by atoms with Gasteiger partial charge in [-0.1, -0.05) is 126 Å². The molecule has 0 aliphatic rings. The van der Waals surface area contributed by atoms with E-state index in [1.807, 2.05) is 43.0 Å². The van der Waals surface area contributed by atoms with Crippen LogP contribution in [-0.2, 0) is 21.7 Å². The number of aromatic nitrogens is 3. The van der Waals surface area contributed by atoms with Crippen LogP contribution in [0.1, 0.15) is 105 Å². The maximum atomic E-state index is 4.25. The van der Waals surface area contributed by atoms with Gasteiger partial charge < -0.3 is 0 Å². The third-order valence-electron chi connectivity index (χ3n) is 6.15. The second kappa shape index (κ2) is 15.5. The van der Waals surface area contributed by atoms with Gasteiger partial charge in [-0.05, 0) is 63.3 Å². The average Bonchev–Trinajstić information content (AvgIpc) is 2.90. The zero-order chi connectivity index (χ0) is 30.5. The molecule has 3 heteroatoms. The summed E-state index contributed by atoms with van der Waals surface area (Å²) >= 11 is 0. The molecule has 0 spiro atoms. The molecular weight excluding hydrogens is 486 g/mol. The fraction of sp³-hybridized carbons (Fsp3) is 0.432. The molecule has 0 amide bonds. The van der Waals surface area contributed by atoms with Crippen molar-refractivity contribution in [3.63, 3.8) is 0 Å². The summed E-state index contributed by atoms with van der Waals surface area (Å²) in [4.78, 5) is 12.3. The summed E-state index contributed by atoms with van der Waals surface area (Å²) in [5, 5.41) is 0. The Morgan fingerprint density at radius 2 is 0.850 bits per heavy atom. The van der Waals surface area contributed by atoms with Crippen molar-refractivity contribution in [1.82, 2.24) is 15.0 Å². The molecule has 0 saturated carbocycles. The van der Waals surface area contributed by atoms with Crippen molar-refractivity contribution in [3.05, 3.63) is 126 Å². The number of hydrogen-bond donors (Lipinski definition) is 0. The van der Waals surface area contributed by atoms with E-state index >= 15 is 0 Å². The number of pyridine rings is 3. The minimum Gasteiger partial charge on any atom is -0.265 e. The lowest BCUT2D eigenvalue weighted by molar-refractivity contribution is 0.569. The Morgan fingerprint density at radius 1 is 0.375 bits per heavy atom. The summed E-state index contributed by atoms with van der Waals surface area (Å²) in [6.07, 6.45) is 9.22. The molecule has 0 aliphatic carbocycles. The Morgan fingerprint density at radius 3 is 1.15 bits per heavy atom. The fourth-order valence-corrected chi connectivity index (χ4v) is 3.40. The maximum absolute atomic E-state index is 4.25. The first-order chi connectivity index (χ1) is 18.4. The molecule has 4 rings (SSSR count). The molecule has 0 radical (unpaired) electrons. The number of hydrogen-bond acceptors (Lipinski definition) is 3. The van der Waals surface area contributed by atoms with Crippen LogP contribution in [0.4, 0.5) is 0 Å². The van der Waals surface area contributed by atoms with E-state index in [9.17, 15) is 0 Å². The van der Waals surface area contributed by atoms with Gasteiger partial charge in [0.25, 0.3) is 0 Å². The highest BCUT2D eigenvalue weighted by Crippen LogP contribution is 2.22. The van der Waals surface area contributed by atoms with Crippen LogP contribution in [0, 0.1) is 0 Å². The average molecular weight is 540 g/mol. The molecule has 4 aromatic rings. The molecule has 0 aliphatic heterocycles. The van der Waals surface area contributed by atoms with Crippen LogP contribution >= 0.6 is 0 Å². The van der Waals surface area contributed by atoms with Gasteiger partial charge in [-0.25, -0.2) is 0 Å². The molecule has 3 aromatic heterocycles. The Kier molecular flexibility index (Phi) is 13.4. The number of nitrogens with zero attached hydrogens (tertiary/aromatic N) is 3. The first kappa shape index (κ1) is 34.7. The van der Waals surface area contributed by atoms with E-state index in [0.717, 1.165) is 5.69 Å².